The van der Waals surface area contributed by atoms with Crippen LogP contribution < -0.4 is 5.32 Å². The number of rotatable bonds is 7. The minimum absolute atomic E-state index is 0.135. The van der Waals surface area contributed by atoms with Crippen molar-refractivity contribution in [2.45, 2.75) is 38.5 Å². The van der Waals surface area contributed by atoms with Crippen LogP contribution in [-0.2, 0) is 0 Å². The second kappa shape index (κ2) is 7.74. The second-order valence-electron chi connectivity index (χ2n) is 4.31. The molecule has 0 bridgehead atoms. The highest BCUT2D eigenvalue weighted by Gasteiger charge is 2.18. The van der Waals surface area contributed by atoms with Crippen molar-refractivity contribution >= 4 is 11.8 Å². The van der Waals surface area contributed by atoms with Crippen LogP contribution in [0.3, 0.4) is 0 Å². The molecule has 18 heavy (non-hydrogen) atoms. The van der Waals surface area contributed by atoms with E-state index in [4.69, 9.17) is 0 Å². The van der Waals surface area contributed by atoms with Crippen molar-refractivity contribution in [2.75, 3.05) is 12.3 Å². The molecule has 0 saturated carbocycles. The van der Waals surface area contributed by atoms with Crippen molar-refractivity contribution in [1.29, 1.82) is 0 Å². The van der Waals surface area contributed by atoms with Gasteiger partial charge in [-0.05, 0) is 19.0 Å². The van der Waals surface area contributed by atoms with E-state index in [0.717, 1.165) is 24.8 Å². The summed E-state index contributed by atoms with van der Waals surface area (Å²) in [5.74, 6) is -0.749. The standard InChI is InChI=1S/C14H21F2NS/c1-4-10(3)18-9-13(17-5-2)11-7-6-8-12(15)14(11)16/h6-8,10,13,17H,4-5,9H2,1-3H3. The fraction of sp³-hybridized carbons (Fsp3) is 0.571. The summed E-state index contributed by atoms with van der Waals surface area (Å²) in [6, 6.07) is 4.24. The minimum Gasteiger partial charge on any atom is -0.309 e. The number of hydrogen-bond acceptors (Lipinski definition) is 2. The number of halogens is 2. The predicted molar refractivity (Wildman–Crippen MR) is 75.0 cm³/mol. The molecule has 0 radical (unpaired) electrons. The Hall–Kier alpha value is -0.610. The molecule has 0 aliphatic carbocycles. The highest BCUT2D eigenvalue weighted by atomic mass is 32.2. The van der Waals surface area contributed by atoms with Crippen molar-refractivity contribution in [1.82, 2.24) is 5.32 Å². The van der Waals surface area contributed by atoms with Gasteiger partial charge >= 0.3 is 0 Å². The van der Waals surface area contributed by atoms with Gasteiger partial charge in [0.25, 0.3) is 0 Å². The highest BCUT2D eigenvalue weighted by molar-refractivity contribution is 7.99. The average Bonchev–Trinajstić information content (AvgIpc) is 2.37. The fourth-order valence-corrected chi connectivity index (χ4v) is 2.73. The largest absolute Gasteiger partial charge is 0.309 e. The maximum atomic E-state index is 13.8. The summed E-state index contributed by atoms with van der Waals surface area (Å²) in [4.78, 5) is 0. The summed E-state index contributed by atoms with van der Waals surface area (Å²) < 4.78 is 27.0. The molecule has 1 nitrogen and oxygen atoms in total. The lowest BCUT2D eigenvalue weighted by Crippen LogP contribution is -2.25. The Morgan fingerprint density at radius 2 is 2.00 bits per heavy atom. The molecule has 0 aliphatic rings. The van der Waals surface area contributed by atoms with Crippen LogP contribution in [0.2, 0.25) is 0 Å². The van der Waals surface area contributed by atoms with Crippen LogP contribution in [0.1, 0.15) is 38.8 Å². The molecule has 2 atom stereocenters. The molecule has 0 spiro atoms. The first-order chi connectivity index (χ1) is 8.60. The Kier molecular flexibility index (Phi) is 6.65. The average molecular weight is 273 g/mol. The molecule has 1 rings (SSSR count). The molecular weight excluding hydrogens is 252 g/mol. The van der Waals surface area contributed by atoms with Gasteiger partial charge in [-0.2, -0.15) is 11.8 Å². The first kappa shape index (κ1) is 15.4. The molecule has 1 N–H and O–H groups in total. The van der Waals surface area contributed by atoms with Gasteiger partial charge in [0.05, 0.1) is 0 Å². The van der Waals surface area contributed by atoms with Crippen LogP contribution in [0.4, 0.5) is 8.78 Å². The molecule has 4 heteroatoms. The van der Waals surface area contributed by atoms with E-state index in [9.17, 15) is 8.78 Å². The Morgan fingerprint density at radius 1 is 1.28 bits per heavy atom. The third-order valence-corrected chi connectivity index (χ3v) is 4.36. The SMILES string of the molecule is CCNC(CSC(C)CC)c1cccc(F)c1F. The lowest BCUT2D eigenvalue weighted by atomic mass is 10.1. The van der Waals surface area contributed by atoms with Crippen molar-refractivity contribution in [3.63, 3.8) is 0 Å². The van der Waals surface area contributed by atoms with Crippen LogP contribution in [0, 0.1) is 11.6 Å². The summed E-state index contributed by atoms with van der Waals surface area (Å²) in [5.41, 5.74) is 0.424. The molecule has 0 heterocycles. The summed E-state index contributed by atoms with van der Waals surface area (Å²) >= 11 is 1.78. The van der Waals surface area contributed by atoms with Crippen molar-refractivity contribution in [2.24, 2.45) is 0 Å². The van der Waals surface area contributed by atoms with E-state index in [1.807, 2.05) is 6.92 Å². The van der Waals surface area contributed by atoms with E-state index < -0.39 is 11.6 Å². The van der Waals surface area contributed by atoms with E-state index in [2.05, 4.69) is 19.2 Å². The van der Waals surface area contributed by atoms with Gasteiger partial charge in [0.2, 0.25) is 0 Å². The van der Waals surface area contributed by atoms with Crippen molar-refractivity contribution in [3.05, 3.63) is 35.4 Å². The third-order valence-electron chi connectivity index (χ3n) is 2.93. The summed E-state index contributed by atoms with van der Waals surface area (Å²) in [5, 5.41) is 3.75. The van der Waals surface area contributed by atoms with Gasteiger partial charge < -0.3 is 5.32 Å². The number of hydrogen-bond donors (Lipinski definition) is 1. The molecule has 1 aromatic carbocycles. The second-order valence-corrected chi connectivity index (χ2v) is 5.78. The topological polar surface area (TPSA) is 12.0 Å². The Balaban J connectivity index is 2.80. The monoisotopic (exact) mass is 273 g/mol. The van der Waals surface area contributed by atoms with Crippen LogP contribution in [0.5, 0.6) is 0 Å². The first-order valence-corrected chi connectivity index (χ1v) is 7.43. The molecular formula is C14H21F2NS. The molecule has 0 amide bonds. The quantitative estimate of drug-likeness (QED) is 0.801. The van der Waals surface area contributed by atoms with E-state index in [1.54, 1.807) is 23.9 Å². The molecule has 0 aromatic heterocycles. The van der Waals surface area contributed by atoms with E-state index in [-0.39, 0.29) is 6.04 Å². The van der Waals surface area contributed by atoms with Gasteiger partial charge in [-0.1, -0.05) is 32.9 Å². The molecule has 102 valence electrons. The Morgan fingerprint density at radius 3 is 2.61 bits per heavy atom. The lowest BCUT2D eigenvalue weighted by molar-refractivity contribution is 0.478. The van der Waals surface area contributed by atoms with Gasteiger partial charge in [-0.15, -0.1) is 0 Å². The summed E-state index contributed by atoms with van der Waals surface area (Å²) in [7, 11) is 0. The highest BCUT2D eigenvalue weighted by Crippen LogP contribution is 2.25. The zero-order valence-corrected chi connectivity index (χ0v) is 12.0. The first-order valence-electron chi connectivity index (χ1n) is 6.39. The maximum Gasteiger partial charge on any atom is 0.163 e. The zero-order chi connectivity index (χ0) is 13.5. The number of thioether (sulfide) groups is 1. The van der Waals surface area contributed by atoms with Crippen LogP contribution in [0.25, 0.3) is 0 Å². The van der Waals surface area contributed by atoms with E-state index in [0.29, 0.717) is 10.8 Å². The molecule has 1 aromatic rings. The molecule has 2 unspecified atom stereocenters. The zero-order valence-electron chi connectivity index (χ0n) is 11.2. The minimum atomic E-state index is -0.774. The van der Waals surface area contributed by atoms with Gasteiger partial charge in [0.15, 0.2) is 11.6 Å². The van der Waals surface area contributed by atoms with Gasteiger partial charge in [0, 0.05) is 22.6 Å². The third kappa shape index (κ3) is 4.25. The Bertz CT molecular complexity index is 371. The van der Waals surface area contributed by atoms with Gasteiger partial charge in [-0.25, -0.2) is 8.78 Å². The lowest BCUT2D eigenvalue weighted by Gasteiger charge is -2.20. The van der Waals surface area contributed by atoms with Crippen LogP contribution >= 0.6 is 11.8 Å². The smallest absolute Gasteiger partial charge is 0.163 e. The van der Waals surface area contributed by atoms with Crippen LogP contribution in [0.15, 0.2) is 18.2 Å². The van der Waals surface area contributed by atoms with Crippen molar-refractivity contribution in [3.8, 4) is 0 Å². The normalized spacial score (nSPS) is 14.5. The summed E-state index contributed by atoms with van der Waals surface area (Å²) in [6.45, 7) is 6.98. The maximum absolute atomic E-state index is 13.8. The van der Waals surface area contributed by atoms with Gasteiger partial charge in [0.1, 0.15) is 0 Å². The molecule has 0 saturated heterocycles. The predicted octanol–water partition coefficient (Wildman–Crippen LogP) is 4.15. The molecule has 0 fully saturated rings. The Labute approximate surface area is 112 Å². The molecule has 0 aliphatic heterocycles. The van der Waals surface area contributed by atoms with E-state index >= 15 is 0 Å². The van der Waals surface area contributed by atoms with E-state index in [1.165, 1.54) is 0 Å². The fourth-order valence-electron chi connectivity index (χ4n) is 1.67. The number of benzene rings is 1. The number of nitrogens with one attached hydrogen (secondary N) is 1. The van der Waals surface area contributed by atoms with Gasteiger partial charge in [-0.3, -0.25) is 0 Å². The van der Waals surface area contributed by atoms with Crippen molar-refractivity contribution < 1.29 is 8.78 Å². The summed E-state index contributed by atoms with van der Waals surface area (Å²) in [6.07, 6.45) is 1.08. The van der Waals surface area contributed by atoms with Crippen LogP contribution in [-0.4, -0.2) is 17.5 Å².